The van der Waals surface area contributed by atoms with Crippen LogP contribution in [0.25, 0.3) is 0 Å². The minimum atomic E-state index is -0.368. The lowest BCUT2D eigenvalue weighted by molar-refractivity contribution is 0.198. The van der Waals surface area contributed by atoms with Gasteiger partial charge in [-0.15, -0.1) is 0 Å². The molecule has 0 aromatic carbocycles. The van der Waals surface area contributed by atoms with Gasteiger partial charge in [0.25, 0.3) is 0 Å². The standard InChI is InChI=1S/C12H21ClO2/c1-4-6-7-12(15-5-2)11(13)9-8-10(3)14/h7,9-10,14H,4-6,8H2,1-3H3/b11-9+,12-7+. The summed E-state index contributed by atoms with van der Waals surface area (Å²) in [6, 6.07) is 0. The molecule has 0 heterocycles. The average Bonchev–Trinajstić information content (AvgIpc) is 2.20. The molecular weight excluding hydrogens is 212 g/mol. The summed E-state index contributed by atoms with van der Waals surface area (Å²) in [7, 11) is 0. The van der Waals surface area contributed by atoms with Gasteiger partial charge in [0, 0.05) is 0 Å². The number of unbranched alkanes of at least 4 members (excludes halogenated alkanes) is 1. The van der Waals surface area contributed by atoms with E-state index in [0.717, 1.165) is 18.6 Å². The molecule has 1 N–H and O–H groups in total. The van der Waals surface area contributed by atoms with Crippen molar-refractivity contribution in [3.05, 3.63) is 22.9 Å². The van der Waals surface area contributed by atoms with Gasteiger partial charge in [-0.25, -0.2) is 0 Å². The SMILES string of the molecule is CCC/C=C(OCC)\C(Cl)=C/CC(C)O. The number of hydrogen-bond acceptors (Lipinski definition) is 2. The normalized spacial score (nSPS) is 15.3. The molecule has 0 amide bonds. The summed E-state index contributed by atoms with van der Waals surface area (Å²) < 4.78 is 5.42. The van der Waals surface area contributed by atoms with Gasteiger partial charge in [0.15, 0.2) is 0 Å². The first-order valence-corrected chi connectivity index (χ1v) is 5.86. The minimum absolute atomic E-state index is 0.368. The summed E-state index contributed by atoms with van der Waals surface area (Å²) in [4.78, 5) is 0. The second-order valence-corrected chi connectivity index (χ2v) is 3.83. The van der Waals surface area contributed by atoms with Gasteiger partial charge in [0.1, 0.15) is 5.76 Å². The van der Waals surface area contributed by atoms with Crippen LogP contribution in [0.5, 0.6) is 0 Å². The molecule has 15 heavy (non-hydrogen) atoms. The molecule has 0 fully saturated rings. The van der Waals surface area contributed by atoms with Crippen LogP contribution in [-0.2, 0) is 4.74 Å². The van der Waals surface area contributed by atoms with Crippen LogP contribution >= 0.6 is 11.6 Å². The summed E-state index contributed by atoms with van der Waals surface area (Å²) in [6.07, 6.45) is 5.99. The predicted molar refractivity (Wildman–Crippen MR) is 64.9 cm³/mol. The van der Waals surface area contributed by atoms with E-state index < -0.39 is 0 Å². The Hall–Kier alpha value is -0.470. The molecule has 3 heteroatoms. The van der Waals surface area contributed by atoms with E-state index in [1.165, 1.54) is 0 Å². The van der Waals surface area contributed by atoms with E-state index in [0.29, 0.717) is 18.1 Å². The van der Waals surface area contributed by atoms with Crippen molar-refractivity contribution in [3.8, 4) is 0 Å². The highest BCUT2D eigenvalue weighted by Gasteiger charge is 2.03. The van der Waals surface area contributed by atoms with Gasteiger partial charge in [-0.3, -0.25) is 0 Å². The fourth-order valence-corrected chi connectivity index (χ4v) is 1.25. The third-order valence-corrected chi connectivity index (χ3v) is 2.13. The van der Waals surface area contributed by atoms with Gasteiger partial charge < -0.3 is 9.84 Å². The maximum absolute atomic E-state index is 9.13. The number of aliphatic hydroxyl groups excluding tert-OH is 1. The van der Waals surface area contributed by atoms with Gasteiger partial charge in [-0.2, -0.15) is 0 Å². The molecule has 0 spiro atoms. The maximum Gasteiger partial charge on any atom is 0.133 e. The van der Waals surface area contributed by atoms with Crippen molar-refractivity contribution in [2.45, 2.75) is 46.1 Å². The zero-order chi connectivity index (χ0) is 11.7. The third-order valence-electron chi connectivity index (χ3n) is 1.79. The monoisotopic (exact) mass is 232 g/mol. The van der Waals surface area contributed by atoms with E-state index in [1.807, 2.05) is 13.0 Å². The number of aliphatic hydroxyl groups is 1. The lowest BCUT2D eigenvalue weighted by atomic mass is 10.2. The van der Waals surface area contributed by atoms with Crippen molar-refractivity contribution in [1.29, 1.82) is 0 Å². The van der Waals surface area contributed by atoms with Crippen LogP contribution in [-0.4, -0.2) is 17.8 Å². The maximum atomic E-state index is 9.13. The fraction of sp³-hybridized carbons (Fsp3) is 0.667. The highest BCUT2D eigenvalue weighted by Crippen LogP contribution is 2.18. The Morgan fingerprint density at radius 1 is 1.40 bits per heavy atom. The van der Waals surface area contributed by atoms with Crippen LogP contribution in [0, 0.1) is 0 Å². The Morgan fingerprint density at radius 3 is 2.53 bits per heavy atom. The van der Waals surface area contributed by atoms with Crippen molar-refractivity contribution in [2.24, 2.45) is 0 Å². The molecule has 0 aromatic heterocycles. The predicted octanol–water partition coefficient (Wildman–Crippen LogP) is 3.60. The lowest BCUT2D eigenvalue weighted by Crippen LogP contribution is -1.98. The molecule has 0 aliphatic carbocycles. The highest BCUT2D eigenvalue weighted by atomic mass is 35.5. The van der Waals surface area contributed by atoms with E-state index >= 15 is 0 Å². The van der Waals surface area contributed by atoms with E-state index in [4.69, 9.17) is 21.4 Å². The largest absolute Gasteiger partial charge is 0.493 e. The first-order valence-electron chi connectivity index (χ1n) is 5.48. The van der Waals surface area contributed by atoms with Crippen LogP contribution in [0.1, 0.15) is 40.0 Å². The molecule has 0 bridgehead atoms. The molecule has 0 aliphatic heterocycles. The molecule has 2 nitrogen and oxygen atoms in total. The second kappa shape index (κ2) is 8.81. The van der Waals surface area contributed by atoms with Crippen LogP contribution < -0.4 is 0 Å². The highest BCUT2D eigenvalue weighted by molar-refractivity contribution is 6.31. The minimum Gasteiger partial charge on any atom is -0.493 e. The van der Waals surface area contributed by atoms with Crippen LogP contribution in [0.4, 0.5) is 0 Å². The Kier molecular flexibility index (Phi) is 8.53. The Balaban J connectivity index is 4.39. The molecule has 0 rings (SSSR count). The number of rotatable bonds is 7. The summed E-state index contributed by atoms with van der Waals surface area (Å²) in [5.74, 6) is 0.724. The Morgan fingerprint density at radius 2 is 2.07 bits per heavy atom. The number of allylic oxidation sites excluding steroid dienone is 2. The Bertz CT molecular complexity index is 220. The third kappa shape index (κ3) is 7.46. The molecule has 0 aliphatic rings. The number of halogens is 1. The second-order valence-electron chi connectivity index (χ2n) is 3.43. The van der Waals surface area contributed by atoms with E-state index in [1.54, 1.807) is 13.0 Å². The molecule has 88 valence electrons. The Labute approximate surface area is 97.6 Å². The van der Waals surface area contributed by atoms with Crippen LogP contribution in [0.15, 0.2) is 22.9 Å². The molecule has 0 aromatic rings. The number of ether oxygens (including phenoxy) is 1. The van der Waals surface area contributed by atoms with Crippen molar-refractivity contribution < 1.29 is 9.84 Å². The first-order chi connectivity index (χ1) is 7.11. The zero-order valence-corrected chi connectivity index (χ0v) is 10.5. The van der Waals surface area contributed by atoms with Crippen molar-refractivity contribution >= 4 is 11.6 Å². The van der Waals surface area contributed by atoms with Crippen molar-refractivity contribution in [3.63, 3.8) is 0 Å². The smallest absolute Gasteiger partial charge is 0.133 e. The summed E-state index contributed by atoms with van der Waals surface area (Å²) in [5.41, 5.74) is 0. The zero-order valence-electron chi connectivity index (χ0n) is 9.79. The van der Waals surface area contributed by atoms with E-state index in [9.17, 15) is 0 Å². The van der Waals surface area contributed by atoms with Crippen LogP contribution in [0.2, 0.25) is 0 Å². The van der Waals surface area contributed by atoms with E-state index in [2.05, 4.69) is 6.92 Å². The molecule has 1 unspecified atom stereocenters. The topological polar surface area (TPSA) is 29.5 Å². The van der Waals surface area contributed by atoms with Gasteiger partial charge in [0.05, 0.1) is 17.7 Å². The molecular formula is C12H21ClO2. The molecule has 1 atom stereocenters. The first kappa shape index (κ1) is 14.5. The average molecular weight is 233 g/mol. The van der Waals surface area contributed by atoms with Crippen molar-refractivity contribution in [1.82, 2.24) is 0 Å². The lowest BCUT2D eigenvalue weighted by Gasteiger charge is -2.08. The molecule has 0 saturated carbocycles. The van der Waals surface area contributed by atoms with Crippen LogP contribution in [0.3, 0.4) is 0 Å². The summed E-state index contributed by atoms with van der Waals surface area (Å²) >= 11 is 6.06. The number of hydrogen-bond donors (Lipinski definition) is 1. The summed E-state index contributed by atoms with van der Waals surface area (Å²) in [6.45, 7) is 6.37. The molecule has 0 radical (unpaired) electrons. The fourth-order valence-electron chi connectivity index (χ4n) is 1.03. The summed E-state index contributed by atoms with van der Waals surface area (Å²) in [5, 5.41) is 9.71. The van der Waals surface area contributed by atoms with Gasteiger partial charge >= 0.3 is 0 Å². The van der Waals surface area contributed by atoms with Gasteiger partial charge in [0.2, 0.25) is 0 Å². The molecule has 0 saturated heterocycles. The quantitative estimate of drug-likeness (QED) is 0.537. The van der Waals surface area contributed by atoms with Crippen molar-refractivity contribution in [2.75, 3.05) is 6.61 Å². The van der Waals surface area contributed by atoms with Gasteiger partial charge in [-0.1, -0.05) is 31.0 Å². The van der Waals surface area contributed by atoms with Gasteiger partial charge in [-0.05, 0) is 32.8 Å². The van der Waals surface area contributed by atoms with E-state index in [-0.39, 0.29) is 6.10 Å².